The lowest BCUT2D eigenvalue weighted by Gasteiger charge is -2.27. The lowest BCUT2D eigenvalue weighted by atomic mass is 10.0. The Morgan fingerprint density at radius 1 is 1.47 bits per heavy atom. The minimum atomic E-state index is 0.433. The standard InChI is InChI=1S/C13H24N2OS/c1-4-12-11(5-6-16-12)8-14-13-15-9(2)7-10(3)17-13/h9-12H,4-8H2,1-3H3,(H,14,15). The quantitative estimate of drug-likeness (QED) is 0.843. The molecule has 4 heteroatoms. The summed E-state index contributed by atoms with van der Waals surface area (Å²) in [5, 5.41) is 5.30. The first-order valence-electron chi connectivity index (χ1n) is 6.78. The van der Waals surface area contributed by atoms with Crippen LogP contribution in [0.5, 0.6) is 0 Å². The van der Waals surface area contributed by atoms with Gasteiger partial charge in [-0.25, -0.2) is 0 Å². The van der Waals surface area contributed by atoms with Gasteiger partial charge in [0.15, 0.2) is 5.17 Å². The Bertz CT molecular complexity index is 271. The summed E-state index contributed by atoms with van der Waals surface area (Å²) in [6, 6.07) is 0.562. The number of aliphatic imine (C=N–C) groups is 1. The maximum Gasteiger partial charge on any atom is 0.157 e. The van der Waals surface area contributed by atoms with Gasteiger partial charge in [0.1, 0.15) is 0 Å². The van der Waals surface area contributed by atoms with Gasteiger partial charge in [-0.3, -0.25) is 4.99 Å². The van der Waals surface area contributed by atoms with E-state index >= 15 is 0 Å². The molecule has 4 unspecified atom stereocenters. The van der Waals surface area contributed by atoms with Gasteiger partial charge in [-0.15, -0.1) is 0 Å². The van der Waals surface area contributed by atoms with Crippen LogP contribution in [0.25, 0.3) is 0 Å². The zero-order chi connectivity index (χ0) is 12.3. The summed E-state index contributed by atoms with van der Waals surface area (Å²) < 4.78 is 5.70. The third-order valence-electron chi connectivity index (χ3n) is 3.59. The molecular weight excluding hydrogens is 232 g/mol. The minimum absolute atomic E-state index is 0.433. The molecule has 0 spiro atoms. The van der Waals surface area contributed by atoms with Gasteiger partial charge in [-0.1, -0.05) is 25.6 Å². The summed E-state index contributed by atoms with van der Waals surface area (Å²) in [5.41, 5.74) is 0. The molecule has 2 fully saturated rings. The van der Waals surface area contributed by atoms with Crippen LogP contribution in [0.2, 0.25) is 0 Å². The number of nitrogens with zero attached hydrogens (tertiary/aromatic N) is 1. The van der Waals surface area contributed by atoms with Crippen LogP contribution in [0.15, 0.2) is 4.99 Å². The first-order chi connectivity index (χ1) is 8.19. The highest BCUT2D eigenvalue weighted by molar-refractivity contribution is 8.14. The van der Waals surface area contributed by atoms with Crippen molar-refractivity contribution in [2.45, 2.75) is 57.4 Å². The van der Waals surface area contributed by atoms with Gasteiger partial charge >= 0.3 is 0 Å². The number of amidine groups is 1. The summed E-state index contributed by atoms with van der Waals surface area (Å²) in [7, 11) is 0. The van der Waals surface area contributed by atoms with Crippen LogP contribution in [0, 0.1) is 5.92 Å². The third kappa shape index (κ3) is 3.62. The van der Waals surface area contributed by atoms with E-state index in [0.717, 1.165) is 24.7 Å². The van der Waals surface area contributed by atoms with Crippen molar-refractivity contribution in [1.29, 1.82) is 0 Å². The van der Waals surface area contributed by atoms with E-state index < -0.39 is 0 Å². The van der Waals surface area contributed by atoms with Crippen LogP contribution in [-0.4, -0.2) is 35.7 Å². The van der Waals surface area contributed by atoms with Gasteiger partial charge in [0.2, 0.25) is 0 Å². The smallest absolute Gasteiger partial charge is 0.157 e. The van der Waals surface area contributed by atoms with Gasteiger partial charge in [0.25, 0.3) is 0 Å². The predicted molar refractivity (Wildman–Crippen MR) is 74.7 cm³/mol. The van der Waals surface area contributed by atoms with Gasteiger partial charge in [-0.2, -0.15) is 0 Å². The molecule has 0 amide bonds. The lowest BCUT2D eigenvalue weighted by Crippen LogP contribution is -2.38. The van der Waals surface area contributed by atoms with E-state index in [-0.39, 0.29) is 0 Å². The van der Waals surface area contributed by atoms with Crippen molar-refractivity contribution in [1.82, 2.24) is 5.32 Å². The Morgan fingerprint density at radius 2 is 2.29 bits per heavy atom. The molecule has 0 aromatic heterocycles. The van der Waals surface area contributed by atoms with Crippen LogP contribution in [0.4, 0.5) is 0 Å². The summed E-state index contributed by atoms with van der Waals surface area (Å²) in [4.78, 5) is 4.75. The number of rotatable bonds is 3. The molecular formula is C13H24N2OS. The van der Waals surface area contributed by atoms with E-state index in [9.17, 15) is 0 Å². The van der Waals surface area contributed by atoms with Crippen molar-refractivity contribution in [2.75, 3.05) is 13.2 Å². The molecule has 98 valence electrons. The van der Waals surface area contributed by atoms with Crippen LogP contribution < -0.4 is 5.32 Å². The molecule has 3 nitrogen and oxygen atoms in total. The highest BCUT2D eigenvalue weighted by atomic mass is 32.2. The van der Waals surface area contributed by atoms with Crippen molar-refractivity contribution >= 4 is 16.9 Å². The number of thioether (sulfide) groups is 1. The van der Waals surface area contributed by atoms with E-state index in [2.05, 4.69) is 26.1 Å². The number of ether oxygens (including phenoxy) is 1. The Morgan fingerprint density at radius 3 is 3.00 bits per heavy atom. The first kappa shape index (κ1) is 13.2. The molecule has 0 aromatic rings. The number of hydrogen-bond acceptors (Lipinski definition) is 3. The molecule has 4 atom stereocenters. The monoisotopic (exact) mass is 256 g/mol. The lowest BCUT2D eigenvalue weighted by molar-refractivity contribution is 0.0893. The van der Waals surface area contributed by atoms with E-state index in [0.29, 0.717) is 23.3 Å². The van der Waals surface area contributed by atoms with E-state index in [1.807, 2.05) is 11.8 Å². The molecule has 1 N–H and O–H groups in total. The highest BCUT2D eigenvalue weighted by Gasteiger charge is 2.27. The van der Waals surface area contributed by atoms with Crippen molar-refractivity contribution in [2.24, 2.45) is 10.9 Å². The second-order valence-corrected chi connectivity index (χ2v) is 6.65. The molecule has 17 heavy (non-hydrogen) atoms. The van der Waals surface area contributed by atoms with E-state index in [1.54, 1.807) is 0 Å². The topological polar surface area (TPSA) is 33.6 Å². The zero-order valence-corrected chi connectivity index (χ0v) is 11.9. The van der Waals surface area contributed by atoms with Crippen molar-refractivity contribution < 1.29 is 4.74 Å². The van der Waals surface area contributed by atoms with E-state index in [4.69, 9.17) is 9.73 Å². The SMILES string of the molecule is CCC1OCCC1CN=C1NC(C)CC(C)S1. The largest absolute Gasteiger partial charge is 0.378 e. The summed E-state index contributed by atoms with van der Waals surface area (Å²) >= 11 is 1.88. The van der Waals surface area contributed by atoms with E-state index in [1.165, 1.54) is 12.8 Å². The molecule has 2 heterocycles. The fourth-order valence-electron chi connectivity index (χ4n) is 2.68. The second kappa shape index (κ2) is 6.10. The number of nitrogens with one attached hydrogen (secondary N) is 1. The van der Waals surface area contributed by atoms with Gasteiger partial charge in [0.05, 0.1) is 6.10 Å². The molecule has 0 aromatic carbocycles. The van der Waals surface area contributed by atoms with Gasteiger partial charge in [0, 0.05) is 30.4 Å². The average Bonchev–Trinajstić information content (AvgIpc) is 2.72. The van der Waals surface area contributed by atoms with Gasteiger partial charge < -0.3 is 10.1 Å². The number of hydrogen-bond donors (Lipinski definition) is 1. The molecule has 2 rings (SSSR count). The molecule has 0 bridgehead atoms. The highest BCUT2D eigenvalue weighted by Crippen LogP contribution is 2.26. The summed E-state index contributed by atoms with van der Waals surface area (Å²) in [6.45, 7) is 8.56. The van der Waals surface area contributed by atoms with Crippen molar-refractivity contribution in [3.63, 3.8) is 0 Å². The van der Waals surface area contributed by atoms with Crippen molar-refractivity contribution in [3.8, 4) is 0 Å². The zero-order valence-electron chi connectivity index (χ0n) is 11.1. The maximum absolute atomic E-state index is 5.70. The molecule has 0 saturated carbocycles. The van der Waals surface area contributed by atoms with Crippen LogP contribution in [0.3, 0.4) is 0 Å². The fraction of sp³-hybridized carbons (Fsp3) is 0.923. The Kier molecular flexibility index (Phi) is 4.74. The Hall–Kier alpha value is -0.220. The molecule has 0 aliphatic carbocycles. The molecule has 0 radical (unpaired) electrons. The van der Waals surface area contributed by atoms with Crippen LogP contribution in [-0.2, 0) is 4.74 Å². The third-order valence-corrected chi connectivity index (χ3v) is 4.65. The van der Waals surface area contributed by atoms with Crippen molar-refractivity contribution in [3.05, 3.63) is 0 Å². The summed E-state index contributed by atoms with van der Waals surface area (Å²) in [5.74, 6) is 0.627. The fourth-order valence-corrected chi connectivity index (χ4v) is 3.86. The first-order valence-corrected chi connectivity index (χ1v) is 7.66. The molecule has 2 saturated heterocycles. The predicted octanol–water partition coefficient (Wildman–Crippen LogP) is 2.66. The second-order valence-electron chi connectivity index (χ2n) is 5.22. The Balaban J connectivity index is 1.86. The maximum atomic E-state index is 5.70. The van der Waals surface area contributed by atoms with Crippen LogP contribution in [0.1, 0.15) is 40.0 Å². The molecule has 2 aliphatic rings. The molecule has 2 aliphatic heterocycles. The normalized spacial score (nSPS) is 40.5. The minimum Gasteiger partial charge on any atom is -0.378 e. The van der Waals surface area contributed by atoms with Crippen LogP contribution >= 0.6 is 11.8 Å². The average molecular weight is 256 g/mol. The summed E-state index contributed by atoms with van der Waals surface area (Å²) in [6.07, 6.45) is 3.95. The Labute approximate surface area is 109 Å². The van der Waals surface area contributed by atoms with Gasteiger partial charge in [-0.05, 0) is 26.2 Å².